The third-order valence-electron chi connectivity index (χ3n) is 2.78. The van der Waals surface area contributed by atoms with Gasteiger partial charge in [0, 0.05) is 0 Å². The molecule has 1 aromatic rings. The first-order valence-electron chi connectivity index (χ1n) is 5.00. The minimum atomic E-state index is -0.576. The van der Waals surface area contributed by atoms with Gasteiger partial charge in [-0.15, -0.1) is 0 Å². The molecule has 1 aromatic carbocycles. The Hall–Kier alpha value is -2.04. The lowest BCUT2D eigenvalue weighted by Gasteiger charge is -2.14. The Kier molecular flexibility index (Phi) is 1.58. The molecule has 5 nitrogen and oxygen atoms in total. The van der Waals surface area contributed by atoms with Crippen LogP contribution >= 0.6 is 0 Å². The number of carbonyl (C=O) groups excluding carboxylic acids is 2. The summed E-state index contributed by atoms with van der Waals surface area (Å²) in [6, 6.07) is 6.83. The smallest absolute Gasteiger partial charge is 0.261 e. The summed E-state index contributed by atoms with van der Waals surface area (Å²) in [5.41, 5.74) is 0.362. The molecule has 0 saturated carbocycles. The molecule has 5 heteroatoms. The first kappa shape index (κ1) is 9.21. The molecule has 2 aliphatic rings. The lowest BCUT2D eigenvalue weighted by atomic mass is 10.1. The minimum absolute atomic E-state index is 0.235. The summed E-state index contributed by atoms with van der Waals surface area (Å²) in [6.45, 7) is 2.02. The van der Waals surface area contributed by atoms with Gasteiger partial charge in [-0.3, -0.25) is 14.5 Å². The largest absolute Gasteiger partial charge is 0.270 e. The van der Waals surface area contributed by atoms with E-state index in [1.807, 2.05) is 0 Å². The quantitative estimate of drug-likeness (QED) is 0.701. The molecule has 0 unspecified atom stereocenters. The second kappa shape index (κ2) is 2.75. The summed E-state index contributed by atoms with van der Waals surface area (Å²) >= 11 is 0. The Morgan fingerprint density at radius 3 is 2.06 bits per heavy atom. The summed E-state index contributed by atoms with van der Waals surface area (Å²) in [6.07, 6.45) is 0. The van der Waals surface area contributed by atoms with Crippen LogP contribution in [0.3, 0.4) is 0 Å². The maximum Gasteiger partial charge on any atom is 0.261 e. The van der Waals surface area contributed by atoms with Gasteiger partial charge < -0.3 is 0 Å². The topological polar surface area (TPSA) is 62.1 Å². The Morgan fingerprint density at radius 2 is 1.62 bits per heavy atom. The maximum atomic E-state index is 11.9. The maximum absolute atomic E-state index is 11.9. The second-order valence-electron chi connectivity index (χ2n) is 4.16. The number of imide groups is 1. The Labute approximate surface area is 91.8 Å². The molecule has 3 rings (SSSR count). The third kappa shape index (κ3) is 1.18. The Morgan fingerprint density at radius 1 is 1.12 bits per heavy atom. The molecular formula is C11H9N3O2. The molecule has 0 atom stereocenters. The Bertz CT molecular complexity index is 495. The van der Waals surface area contributed by atoms with Gasteiger partial charge in [0.1, 0.15) is 0 Å². The van der Waals surface area contributed by atoms with Crippen molar-refractivity contribution in [1.29, 1.82) is 0 Å². The SMILES string of the molecule is CC1(CN2C(=O)c3ccccc3C2=O)N=N1. The van der Waals surface area contributed by atoms with Crippen molar-refractivity contribution in [2.75, 3.05) is 6.54 Å². The number of rotatable bonds is 2. The van der Waals surface area contributed by atoms with Crippen LogP contribution in [0.25, 0.3) is 0 Å². The molecule has 80 valence electrons. The molecule has 0 spiro atoms. The predicted octanol–water partition coefficient (Wildman–Crippen LogP) is 1.46. The van der Waals surface area contributed by atoms with Gasteiger partial charge in [0.25, 0.3) is 11.8 Å². The summed E-state index contributed by atoms with van der Waals surface area (Å²) in [5, 5.41) is 7.62. The standard InChI is InChI=1S/C11H9N3O2/c1-11(12-13-11)6-14-9(15)7-4-2-3-5-8(7)10(14)16/h2-5H,6H2,1H3. The van der Waals surface area contributed by atoms with Gasteiger partial charge in [-0.05, 0) is 19.1 Å². The van der Waals surface area contributed by atoms with Gasteiger partial charge in [-0.25, -0.2) is 0 Å². The van der Waals surface area contributed by atoms with Gasteiger partial charge in [-0.1, -0.05) is 12.1 Å². The van der Waals surface area contributed by atoms with E-state index in [1.54, 1.807) is 31.2 Å². The van der Waals surface area contributed by atoms with Crippen LogP contribution in [0.1, 0.15) is 27.6 Å². The summed E-state index contributed by atoms with van der Waals surface area (Å²) < 4.78 is 0. The molecule has 2 amide bonds. The zero-order valence-electron chi connectivity index (χ0n) is 8.67. The number of benzene rings is 1. The number of hydrogen-bond acceptors (Lipinski definition) is 4. The highest BCUT2D eigenvalue weighted by molar-refractivity contribution is 6.21. The molecule has 0 bridgehead atoms. The van der Waals surface area contributed by atoms with Gasteiger partial charge in [0.2, 0.25) is 5.66 Å². The van der Waals surface area contributed by atoms with E-state index >= 15 is 0 Å². The highest BCUT2D eigenvalue weighted by Gasteiger charge is 2.44. The predicted molar refractivity (Wildman–Crippen MR) is 55.1 cm³/mol. The zero-order chi connectivity index (χ0) is 11.3. The number of fused-ring (bicyclic) bond motifs is 1. The average Bonchev–Trinajstić information content (AvgIpc) is 2.97. The number of nitrogens with zero attached hydrogens (tertiary/aromatic N) is 3. The van der Waals surface area contributed by atoms with Gasteiger partial charge in [0.15, 0.2) is 0 Å². The molecule has 2 aliphatic heterocycles. The summed E-state index contributed by atoms with van der Waals surface area (Å²) in [5.74, 6) is -0.502. The van der Waals surface area contributed by atoms with Gasteiger partial charge in [-0.2, -0.15) is 10.2 Å². The second-order valence-corrected chi connectivity index (χ2v) is 4.16. The van der Waals surface area contributed by atoms with E-state index in [0.29, 0.717) is 11.1 Å². The highest BCUT2D eigenvalue weighted by Crippen LogP contribution is 2.31. The average molecular weight is 215 g/mol. The third-order valence-corrected chi connectivity index (χ3v) is 2.78. The molecule has 16 heavy (non-hydrogen) atoms. The molecule has 0 radical (unpaired) electrons. The molecule has 0 fully saturated rings. The zero-order valence-corrected chi connectivity index (χ0v) is 8.67. The van der Waals surface area contributed by atoms with Crippen LogP contribution in [-0.2, 0) is 0 Å². The van der Waals surface area contributed by atoms with E-state index in [4.69, 9.17) is 0 Å². The van der Waals surface area contributed by atoms with Crippen LogP contribution in [0.4, 0.5) is 0 Å². The van der Waals surface area contributed by atoms with E-state index in [1.165, 1.54) is 4.90 Å². The van der Waals surface area contributed by atoms with Crippen molar-refractivity contribution in [3.05, 3.63) is 35.4 Å². The van der Waals surface area contributed by atoms with Crippen molar-refractivity contribution in [2.24, 2.45) is 10.2 Å². The van der Waals surface area contributed by atoms with E-state index in [2.05, 4.69) is 10.2 Å². The molecule has 0 saturated heterocycles. The van der Waals surface area contributed by atoms with Gasteiger partial charge in [0.05, 0.1) is 17.7 Å². The van der Waals surface area contributed by atoms with Crippen LogP contribution in [-0.4, -0.2) is 28.9 Å². The van der Waals surface area contributed by atoms with E-state index < -0.39 is 5.66 Å². The molecule has 0 N–H and O–H groups in total. The fourth-order valence-electron chi connectivity index (χ4n) is 1.83. The van der Waals surface area contributed by atoms with Crippen LogP contribution in [0, 0.1) is 0 Å². The summed E-state index contributed by atoms with van der Waals surface area (Å²) in [4.78, 5) is 25.1. The highest BCUT2D eigenvalue weighted by atomic mass is 16.2. The monoisotopic (exact) mass is 215 g/mol. The number of hydrogen-bond donors (Lipinski definition) is 0. The van der Waals surface area contributed by atoms with Crippen LogP contribution < -0.4 is 0 Å². The van der Waals surface area contributed by atoms with E-state index in [9.17, 15) is 9.59 Å². The van der Waals surface area contributed by atoms with Crippen molar-refractivity contribution in [2.45, 2.75) is 12.6 Å². The van der Waals surface area contributed by atoms with Crippen molar-refractivity contribution in [1.82, 2.24) is 4.90 Å². The van der Waals surface area contributed by atoms with Crippen molar-refractivity contribution >= 4 is 11.8 Å². The first-order chi connectivity index (χ1) is 7.61. The number of carbonyl (C=O) groups is 2. The molecule has 0 aliphatic carbocycles. The molecule has 2 heterocycles. The lowest BCUT2D eigenvalue weighted by Crippen LogP contribution is -2.37. The van der Waals surface area contributed by atoms with Crippen molar-refractivity contribution in [3.8, 4) is 0 Å². The van der Waals surface area contributed by atoms with Crippen LogP contribution in [0.2, 0.25) is 0 Å². The normalized spacial score (nSPS) is 20.2. The fourth-order valence-corrected chi connectivity index (χ4v) is 1.83. The minimum Gasteiger partial charge on any atom is -0.270 e. The molecular weight excluding hydrogens is 206 g/mol. The van der Waals surface area contributed by atoms with E-state index in [-0.39, 0.29) is 18.4 Å². The molecule has 0 aromatic heterocycles. The number of amides is 2. The summed E-state index contributed by atoms with van der Waals surface area (Å²) in [7, 11) is 0. The first-order valence-corrected chi connectivity index (χ1v) is 5.00. The van der Waals surface area contributed by atoms with Gasteiger partial charge >= 0.3 is 0 Å². The van der Waals surface area contributed by atoms with Crippen LogP contribution in [0.5, 0.6) is 0 Å². The Balaban J connectivity index is 1.95. The van der Waals surface area contributed by atoms with E-state index in [0.717, 1.165) is 0 Å². The van der Waals surface area contributed by atoms with Crippen molar-refractivity contribution < 1.29 is 9.59 Å². The lowest BCUT2D eigenvalue weighted by molar-refractivity contribution is 0.0638. The fraction of sp³-hybridized carbons (Fsp3) is 0.273. The van der Waals surface area contributed by atoms with Crippen molar-refractivity contribution in [3.63, 3.8) is 0 Å². The van der Waals surface area contributed by atoms with Crippen LogP contribution in [0.15, 0.2) is 34.5 Å².